The minimum absolute atomic E-state index is 0.0454. The SMILES string of the molecule is C[C@@H](O)[C@H](NC(=O)OC(C)(C)C)C(=O)NC[C@@H]1CC[C@@H](CCB(O)O)C[C@]1(N)C(=O)O. The van der Waals surface area contributed by atoms with E-state index in [1.54, 1.807) is 20.8 Å². The molecule has 1 fully saturated rings. The molecule has 0 radical (unpaired) electrons. The average Bonchev–Trinajstić information content (AvgIpc) is 2.61. The highest BCUT2D eigenvalue weighted by Crippen LogP contribution is 2.38. The van der Waals surface area contributed by atoms with Crippen molar-refractivity contribution in [2.75, 3.05) is 6.54 Å². The van der Waals surface area contributed by atoms with E-state index in [1.807, 2.05) is 0 Å². The number of nitrogens with two attached hydrogens (primary N) is 1. The van der Waals surface area contributed by atoms with Gasteiger partial charge in [-0.15, -0.1) is 0 Å². The lowest BCUT2D eigenvalue weighted by molar-refractivity contribution is -0.148. The summed E-state index contributed by atoms with van der Waals surface area (Å²) in [6.07, 6.45) is -0.301. The molecule has 178 valence electrons. The van der Waals surface area contributed by atoms with E-state index >= 15 is 0 Å². The Bertz CT molecular complexity index is 640. The van der Waals surface area contributed by atoms with Crippen LogP contribution in [0.25, 0.3) is 0 Å². The molecule has 5 atom stereocenters. The quantitative estimate of drug-likeness (QED) is 0.228. The molecular weight excluding hydrogens is 409 g/mol. The molecule has 0 aromatic carbocycles. The van der Waals surface area contributed by atoms with Gasteiger partial charge in [-0.1, -0.05) is 6.42 Å². The first kappa shape index (κ1) is 27.1. The van der Waals surface area contributed by atoms with Crippen molar-refractivity contribution in [2.24, 2.45) is 17.6 Å². The fourth-order valence-corrected chi connectivity index (χ4v) is 3.79. The smallest absolute Gasteiger partial charge is 0.451 e. The van der Waals surface area contributed by atoms with Crippen molar-refractivity contribution in [3.63, 3.8) is 0 Å². The van der Waals surface area contributed by atoms with Gasteiger partial charge in [-0.2, -0.15) is 0 Å². The standard InChI is InChI=1S/C19H36BN3O8/c1-11(24)14(23-17(28)31-18(2,3)4)15(25)22-10-13-6-5-12(7-8-20(29)30)9-19(13,21)16(26)27/h11-14,24,29-30H,5-10,21H2,1-4H3,(H,22,25)(H,23,28)(H,26,27)/t11-,12+,13+,14+,19-/m1/s1. The van der Waals surface area contributed by atoms with Crippen molar-refractivity contribution >= 4 is 25.1 Å². The summed E-state index contributed by atoms with van der Waals surface area (Å²) in [5, 5.41) is 42.6. The second-order valence-corrected chi connectivity index (χ2v) is 9.36. The number of aliphatic hydroxyl groups is 1. The van der Waals surface area contributed by atoms with Gasteiger partial charge >= 0.3 is 19.2 Å². The van der Waals surface area contributed by atoms with Gasteiger partial charge in [-0.25, -0.2) is 4.79 Å². The molecule has 0 aromatic rings. The van der Waals surface area contributed by atoms with Crippen LogP contribution >= 0.6 is 0 Å². The molecule has 1 rings (SSSR count). The van der Waals surface area contributed by atoms with Gasteiger partial charge in [0.05, 0.1) is 6.10 Å². The van der Waals surface area contributed by atoms with Crippen molar-refractivity contribution < 1.29 is 39.4 Å². The van der Waals surface area contributed by atoms with Crippen LogP contribution in [0.1, 0.15) is 53.4 Å². The number of carbonyl (C=O) groups is 3. The Kier molecular flexibility index (Phi) is 9.74. The number of aliphatic hydroxyl groups excluding tert-OH is 1. The molecule has 11 nitrogen and oxygen atoms in total. The number of hydrogen-bond acceptors (Lipinski definition) is 8. The first-order chi connectivity index (χ1) is 14.2. The van der Waals surface area contributed by atoms with Crippen LogP contribution < -0.4 is 16.4 Å². The van der Waals surface area contributed by atoms with Crippen LogP contribution in [-0.2, 0) is 14.3 Å². The Morgan fingerprint density at radius 3 is 2.35 bits per heavy atom. The predicted molar refractivity (Wildman–Crippen MR) is 113 cm³/mol. The lowest BCUT2D eigenvalue weighted by atomic mass is 9.66. The normalized spacial score (nSPS) is 25.8. The lowest BCUT2D eigenvalue weighted by Gasteiger charge is -2.41. The summed E-state index contributed by atoms with van der Waals surface area (Å²) in [6, 6.07) is -1.28. The number of amides is 2. The molecule has 31 heavy (non-hydrogen) atoms. The second kappa shape index (κ2) is 11.1. The maximum Gasteiger partial charge on any atom is 0.451 e. The topological polar surface area (TPSA) is 191 Å². The highest BCUT2D eigenvalue weighted by atomic mass is 16.6. The van der Waals surface area contributed by atoms with E-state index in [1.165, 1.54) is 6.92 Å². The van der Waals surface area contributed by atoms with Gasteiger partial charge in [0.1, 0.15) is 17.2 Å². The molecular formula is C19H36BN3O8. The Balaban J connectivity index is 2.75. The third-order valence-corrected chi connectivity index (χ3v) is 5.47. The van der Waals surface area contributed by atoms with Crippen LogP contribution in [0, 0.1) is 11.8 Å². The number of carboxylic acid groups (broad SMARTS) is 1. The van der Waals surface area contributed by atoms with Gasteiger partial charge in [-0.05, 0) is 59.2 Å². The monoisotopic (exact) mass is 445 g/mol. The summed E-state index contributed by atoms with van der Waals surface area (Å²) in [6.45, 7) is 6.28. The van der Waals surface area contributed by atoms with Crippen LogP contribution in [0.2, 0.25) is 6.32 Å². The molecule has 0 heterocycles. The summed E-state index contributed by atoms with van der Waals surface area (Å²) >= 11 is 0. The van der Waals surface area contributed by atoms with Crippen LogP contribution in [0.3, 0.4) is 0 Å². The van der Waals surface area contributed by atoms with Crippen molar-refractivity contribution in [3.8, 4) is 0 Å². The maximum absolute atomic E-state index is 12.6. The summed E-state index contributed by atoms with van der Waals surface area (Å²) in [5.74, 6) is -2.52. The number of rotatable bonds is 9. The molecule has 0 bridgehead atoms. The maximum atomic E-state index is 12.6. The minimum atomic E-state index is -1.59. The largest absolute Gasteiger partial charge is 0.480 e. The number of aliphatic carboxylic acids is 1. The average molecular weight is 445 g/mol. The van der Waals surface area contributed by atoms with Crippen molar-refractivity contribution in [3.05, 3.63) is 0 Å². The molecule has 12 heteroatoms. The fraction of sp³-hybridized carbons (Fsp3) is 0.842. The van der Waals surface area contributed by atoms with Gasteiger partial charge in [0.15, 0.2) is 0 Å². The molecule has 1 aliphatic carbocycles. The summed E-state index contributed by atoms with van der Waals surface area (Å²) in [5.41, 5.74) is 3.83. The Morgan fingerprint density at radius 2 is 1.87 bits per heavy atom. The summed E-state index contributed by atoms with van der Waals surface area (Å²) in [7, 11) is -1.45. The Labute approximate surface area is 182 Å². The number of nitrogens with one attached hydrogen (secondary N) is 2. The van der Waals surface area contributed by atoms with E-state index in [0.29, 0.717) is 19.3 Å². The molecule has 0 aromatic heterocycles. The molecule has 1 aliphatic rings. The van der Waals surface area contributed by atoms with Crippen molar-refractivity contribution in [1.29, 1.82) is 0 Å². The van der Waals surface area contributed by atoms with Crippen LogP contribution in [0.5, 0.6) is 0 Å². The second-order valence-electron chi connectivity index (χ2n) is 9.36. The number of carbonyl (C=O) groups excluding carboxylic acids is 2. The number of carboxylic acids is 1. The van der Waals surface area contributed by atoms with E-state index in [9.17, 15) is 24.6 Å². The molecule has 0 spiro atoms. The predicted octanol–water partition coefficient (Wildman–Crippen LogP) is -0.562. The molecule has 2 amide bonds. The number of ether oxygens (including phenoxy) is 1. The molecule has 0 aliphatic heterocycles. The fourth-order valence-electron chi connectivity index (χ4n) is 3.79. The van der Waals surface area contributed by atoms with E-state index in [0.717, 1.165) is 0 Å². The van der Waals surface area contributed by atoms with Gasteiger partial charge in [0, 0.05) is 12.5 Å². The van der Waals surface area contributed by atoms with E-state index in [2.05, 4.69) is 10.6 Å². The van der Waals surface area contributed by atoms with Gasteiger partial charge in [-0.3, -0.25) is 9.59 Å². The van der Waals surface area contributed by atoms with E-state index in [-0.39, 0.29) is 25.2 Å². The first-order valence-corrected chi connectivity index (χ1v) is 10.5. The third-order valence-electron chi connectivity index (χ3n) is 5.47. The highest BCUT2D eigenvalue weighted by Gasteiger charge is 2.47. The van der Waals surface area contributed by atoms with E-state index < -0.39 is 54.3 Å². The molecule has 1 saturated carbocycles. The first-order valence-electron chi connectivity index (χ1n) is 10.5. The highest BCUT2D eigenvalue weighted by molar-refractivity contribution is 6.40. The van der Waals surface area contributed by atoms with Crippen LogP contribution in [0.4, 0.5) is 4.79 Å². The van der Waals surface area contributed by atoms with Crippen molar-refractivity contribution in [2.45, 2.75) is 83.0 Å². The number of alkyl carbamates (subject to hydrolysis) is 1. The molecule has 0 unspecified atom stereocenters. The third kappa shape index (κ3) is 8.64. The zero-order chi connectivity index (χ0) is 24.0. The van der Waals surface area contributed by atoms with Gasteiger partial charge < -0.3 is 41.4 Å². The Morgan fingerprint density at radius 1 is 1.26 bits per heavy atom. The van der Waals surface area contributed by atoms with Crippen LogP contribution in [0.15, 0.2) is 0 Å². The Hall–Kier alpha value is -1.89. The summed E-state index contributed by atoms with van der Waals surface area (Å²) < 4.78 is 5.10. The zero-order valence-corrected chi connectivity index (χ0v) is 18.6. The van der Waals surface area contributed by atoms with Gasteiger partial charge in [0.2, 0.25) is 5.91 Å². The lowest BCUT2D eigenvalue weighted by Crippen LogP contribution is -2.61. The number of hydrogen-bond donors (Lipinski definition) is 7. The van der Waals surface area contributed by atoms with Crippen LogP contribution in [-0.4, -0.2) is 75.2 Å². The van der Waals surface area contributed by atoms with E-state index in [4.69, 9.17) is 20.5 Å². The molecule has 8 N–H and O–H groups in total. The molecule has 0 saturated heterocycles. The van der Waals surface area contributed by atoms with Crippen molar-refractivity contribution in [1.82, 2.24) is 10.6 Å². The summed E-state index contributed by atoms with van der Waals surface area (Å²) in [4.78, 5) is 36.4. The zero-order valence-electron chi connectivity index (χ0n) is 18.6. The van der Waals surface area contributed by atoms with Gasteiger partial charge in [0.25, 0.3) is 0 Å². The minimum Gasteiger partial charge on any atom is -0.480 e.